The minimum absolute atomic E-state index is 0.107. The lowest BCUT2D eigenvalue weighted by Crippen LogP contribution is -2.14. The molecule has 1 N–H and O–H groups in total. The molecule has 140 valence electrons. The van der Waals surface area contributed by atoms with E-state index in [1.54, 1.807) is 17.8 Å². The number of hydrogen-bond donors (Lipinski definition) is 1. The van der Waals surface area contributed by atoms with Gasteiger partial charge < -0.3 is 10.2 Å². The van der Waals surface area contributed by atoms with Gasteiger partial charge in [-0.1, -0.05) is 17.8 Å². The van der Waals surface area contributed by atoms with Crippen molar-refractivity contribution in [1.82, 2.24) is 0 Å². The molecule has 5 nitrogen and oxygen atoms in total. The van der Waals surface area contributed by atoms with E-state index in [0.717, 1.165) is 37.9 Å². The zero-order valence-electron chi connectivity index (χ0n) is 16.0. The summed E-state index contributed by atoms with van der Waals surface area (Å²) < 4.78 is 0. The predicted molar refractivity (Wildman–Crippen MR) is 116 cm³/mol. The molecule has 1 heterocycles. The first-order valence-corrected chi connectivity index (χ1v) is 9.78. The molecule has 0 saturated carbocycles. The van der Waals surface area contributed by atoms with Crippen LogP contribution in [0, 0.1) is 22.7 Å². The Labute approximate surface area is 173 Å². The van der Waals surface area contributed by atoms with E-state index in [-0.39, 0.29) is 5.57 Å². The molecule has 0 spiro atoms. The quantitative estimate of drug-likeness (QED) is 0.565. The van der Waals surface area contributed by atoms with E-state index < -0.39 is 0 Å². The monoisotopic (exact) mass is 395 g/mol. The molecule has 0 saturated heterocycles. The summed E-state index contributed by atoms with van der Waals surface area (Å²) in [6.45, 7) is 0. The zero-order valence-corrected chi connectivity index (χ0v) is 16.8. The Balaban J connectivity index is 1.65. The molecule has 0 bridgehead atoms. The molecule has 1 aliphatic rings. The van der Waals surface area contributed by atoms with Crippen LogP contribution < -0.4 is 20.8 Å². The van der Waals surface area contributed by atoms with Gasteiger partial charge in [-0.3, -0.25) is 0 Å². The van der Waals surface area contributed by atoms with Gasteiger partial charge in [0.25, 0.3) is 0 Å². The lowest BCUT2D eigenvalue weighted by atomic mass is 10.2. The van der Waals surface area contributed by atoms with Gasteiger partial charge in [0, 0.05) is 46.2 Å². The standard InChI is InChI=1S/C23H17N5S/c1-28(2)19-7-4-17(5-8-19)26-18-6-10-21-23(12-18)29-22-11-15(16(13-24)14-25)3-9-20(22)27-21/h3-12,26H,1-2H3. The van der Waals surface area contributed by atoms with E-state index in [4.69, 9.17) is 15.5 Å². The summed E-state index contributed by atoms with van der Waals surface area (Å²) in [4.78, 5) is 8.74. The van der Waals surface area contributed by atoms with Gasteiger partial charge in [0.05, 0.1) is 11.0 Å². The maximum Gasteiger partial charge on any atom is 0.136 e. The zero-order chi connectivity index (χ0) is 20.4. The van der Waals surface area contributed by atoms with Crippen molar-refractivity contribution in [3.63, 3.8) is 0 Å². The van der Waals surface area contributed by atoms with E-state index in [1.165, 1.54) is 0 Å². The Kier molecular flexibility index (Phi) is 4.95. The predicted octanol–water partition coefficient (Wildman–Crippen LogP) is 4.11. The van der Waals surface area contributed by atoms with Crippen LogP contribution in [0.4, 0.5) is 22.7 Å². The number of rotatable bonds is 3. The molecule has 0 fully saturated rings. The fraction of sp³-hybridized carbons (Fsp3) is 0.0870. The Morgan fingerprint density at radius 2 is 1.62 bits per heavy atom. The minimum Gasteiger partial charge on any atom is -0.378 e. The van der Waals surface area contributed by atoms with Gasteiger partial charge in [0.1, 0.15) is 17.7 Å². The first-order valence-electron chi connectivity index (χ1n) is 8.97. The maximum atomic E-state index is 9.11. The number of fused-ring (bicyclic) bond motifs is 2. The molecule has 1 aliphatic heterocycles. The highest BCUT2D eigenvalue weighted by molar-refractivity contribution is 7.99. The van der Waals surface area contributed by atoms with Gasteiger partial charge >= 0.3 is 0 Å². The minimum atomic E-state index is 0.107. The average molecular weight is 395 g/mol. The van der Waals surface area contributed by atoms with Crippen molar-refractivity contribution in [3.05, 3.63) is 71.2 Å². The van der Waals surface area contributed by atoms with Gasteiger partial charge in [-0.2, -0.15) is 10.5 Å². The molecule has 0 aliphatic carbocycles. The first kappa shape index (κ1) is 18.6. The summed E-state index contributed by atoms with van der Waals surface area (Å²) in [6, 6.07) is 23.7. The lowest BCUT2D eigenvalue weighted by molar-refractivity contribution is 1.13. The van der Waals surface area contributed by atoms with Crippen LogP contribution in [-0.2, 0) is 0 Å². The highest BCUT2D eigenvalue weighted by Gasteiger charge is 2.13. The van der Waals surface area contributed by atoms with Crippen molar-refractivity contribution in [3.8, 4) is 12.1 Å². The molecule has 6 heteroatoms. The van der Waals surface area contributed by atoms with Crippen LogP contribution in [0.25, 0.3) is 5.57 Å². The number of nitrogens with zero attached hydrogens (tertiary/aromatic N) is 4. The van der Waals surface area contributed by atoms with Crippen LogP contribution in [0.5, 0.6) is 0 Å². The Hall–Kier alpha value is -3.74. The molecular weight excluding hydrogens is 378 g/mol. The van der Waals surface area contributed by atoms with Crippen molar-refractivity contribution < 1.29 is 0 Å². The summed E-state index contributed by atoms with van der Waals surface area (Å²) in [5.74, 6) is 0. The second kappa shape index (κ2) is 7.71. The second-order valence-corrected chi connectivity index (χ2v) is 7.83. The summed E-state index contributed by atoms with van der Waals surface area (Å²) in [6.07, 6.45) is 0. The second-order valence-electron chi connectivity index (χ2n) is 6.74. The third-order valence-corrected chi connectivity index (χ3v) is 5.66. The third-order valence-electron chi connectivity index (χ3n) is 4.57. The molecule has 0 amide bonds. The molecule has 0 atom stereocenters. The SMILES string of the molecule is CN(C)c1ccc(Nc2ccc3c(c2)Sc2cc(=C(C#N)C#N)ccc2=N3)cc1. The molecule has 0 aromatic heterocycles. The van der Waals surface area contributed by atoms with E-state index in [2.05, 4.69) is 40.5 Å². The van der Waals surface area contributed by atoms with Crippen LogP contribution in [0.15, 0.2) is 75.4 Å². The van der Waals surface area contributed by atoms with E-state index in [9.17, 15) is 0 Å². The van der Waals surface area contributed by atoms with Gasteiger partial charge in [-0.15, -0.1) is 0 Å². The fourth-order valence-electron chi connectivity index (χ4n) is 3.02. The Morgan fingerprint density at radius 3 is 2.31 bits per heavy atom. The summed E-state index contributed by atoms with van der Waals surface area (Å²) in [5.41, 5.74) is 4.15. The third kappa shape index (κ3) is 3.80. The van der Waals surface area contributed by atoms with Gasteiger partial charge in [0.2, 0.25) is 0 Å². The largest absolute Gasteiger partial charge is 0.378 e. The molecule has 0 unspecified atom stereocenters. The van der Waals surface area contributed by atoms with Gasteiger partial charge in [0.15, 0.2) is 0 Å². The Bertz CT molecular complexity index is 1280. The number of hydrogen-bond acceptors (Lipinski definition) is 6. The van der Waals surface area contributed by atoms with E-state index >= 15 is 0 Å². The van der Waals surface area contributed by atoms with E-state index in [1.807, 2.05) is 50.5 Å². The number of anilines is 3. The van der Waals surface area contributed by atoms with Crippen molar-refractivity contribution in [2.75, 3.05) is 24.3 Å². The number of benzene rings is 3. The maximum absolute atomic E-state index is 9.11. The molecule has 3 aromatic carbocycles. The number of nitrogens with one attached hydrogen (secondary N) is 1. The molecular formula is C23H17N5S. The molecule has 4 rings (SSSR count). The van der Waals surface area contributed by atoms with Crippen molar-refractivity contribution in [2.45, 2.75) is 9.79 Å². The van der Waals surface area contributed by atoms with E-state index in [0.29, 0.717) is 5.22 Å². The van der Waals surface area contributed by atoms with Gasteiger partial charge in [-0.05, 0) is 54.6 Å². The van der Waals surface area contributed by atoms with Crippen molar-refractivity contribution in [1.29, 1.82) is 10.5 Å². The van der Waals surface area contributed by atoms with Crippen LogP contribution in [0.2, 0.25) is 0 Å². The fourth-order valence-corrected chi connectivity index (χ4v) is 4.07. The molecule has 3 aromatic rings. The smallest absolute Gasteiger partial charge is 0.136 e. The number of nitriles is 2. The van der Waals surface area contributed by atoms with Crippen LogP contribution in [0.1, 0.15) is 0 Å². The van der Waals surface area contributed by atoms with Gasteiger partial charge in [-0.25, -0.2) is 4.99 Å². The average Bonchev–Trinajstić information content (AvgIpc) is 2.73. The lowest BCUT2D eigenvalue weighted by Gasteiger charge is -2.15. The first-order chi connectivity index (χ1) is 14.1. The Morgan fingerprint density at radius 1 is 0.897 bits per heavy atom. The highest BCUT2D eigenvalue weighted by Crippen LogP contribution is 2.38. The summed E-state index contributed by atoms with van der Waals surface area (Å²) in [5, 5.41) is 23.1. The molecule has 29 heavy (non-hydrogen) atoms. The normalized spacial score (nSPS) is 11.2. The highest BCUT2D eigenvalue weighted by atomic mass is 32.2. The van der Waals surface area contributed by atoms with Crippen LogP contribution >= 0.6 is 11.8 Å². The summed E-state index contributed by atoms with van der Waals surface area (Å²) >= 11 is 1.59. The summed E-state index contributed by atoms with van der Waals surface area (Å²) in [7, 11) is 4.04. The van der Waals surface area contributed by atoms with Crippen molar-refractivity contribution in [2.24, 2.45) is 4.99 Å². The topological polar surface area (TPSA) is 75.2 Å². The van der Waals surface area contributed by atoms with Crippen LogP contribution in [0.3, 0.4) is 0 Å². The van der Waals surface area contributed by atoms with Crippen LogP contribution in [-0.4, -0.2) is 14.1 Å². The molecule has 0 radical (unpaired) electrons. The van der Waals surface area contributed by atoms with Crippen molar-refractivity contribution >= 4 is 40.1 Å².